The summed E-state index contributed by atoms with van der Waals surface area (Å²) in [4.78, 5) is 49.5. The summed E-state index contributed by atoms with van der Waals surface area (Å²) in [6.45, 7) is 5.13. The fraction of sp³-hybridized carbons (Fsp3) is 0.444. The van der Waals surface area contributed by atoms with Crippen LogP contribution in [0.2, 0.25) is 0 Å². The minimum absolute atomic E-state index is 0.0161. The third kappa shape index (κ3) is 1.96. The predicted molar refractivity (Wildman–Crippen MR) is 83.6 cm³/mol. The molecular weight excluding hydrogens is 312 g/mol. The predicted octanol–water partition coefficient (Wildman–Crippen LogP) is 1.18. The first-order chi connectivity index (χ1) is 11.1. The van der Waals surface area contributed by atoms with Gasteiger partial charge in [0.25, 0.3) is 0 Å². The van der Waals surface area contributed by atoms with Crippen molar-refractivity contribution in [1.29, 1.82) is 0 Å². The van der Waals surface area contributed by atoms with E-state index in [2.05, 4.69) is 0 Å². The molecule has 0 saturated carbocycles. The molecule has 2 aliphatic carbocycles. The third-order valence-electron chi connectivity index (χ3n) is 5.19. The van der Waals surface area contributed by atoms with Crippen LogP contribution in [0.25, 0.3) is 0 Å². The van der Waals surface area contributed by atoms with Crippen LogP contribution in [0.4, 0.5) is 0 Å². The van der Waals surface area contributed by atoms with Gasteiger partial charge in [-0.05, 0) is 24.1 Å². The van der Waals surface area contributed by atoms with Crippen LogP contribution in [0.5, 0.6) is 0 Å². The normalized spacial score (nSPS) is 25.5. The minimum Gasteiger partial charge on any atom is -0.392 e. The number of hydrogen-bond donors (Lipinski definition) is 1. The number of rotatable bonds is 1. The van der Waals surface area contributed by atoms with E-state index in [1.165, 1.54) is 13.2 Å². The SMILES string of the molecule is COC1C(=O)C(=O)c2c(cc3c(c2C)C(=O)CC(O)C3(C)C)C1=O. The van der Waals surface area contributed by atoms with Crippen molar-refractivity contribution in [2.24, 2.45) is 0 Å². The van der Waals surface area contributed by atoms with Crippen LogP contribution in [0.3, 0.4) is 0 Å². The molecule has 24 heavy (non-hydrogen) atoms. The lowest BCUT2D eigenvalue weighted by molar-refractivity contribution is -0.122. The molecule has 1 aromatic carbocycles. The second kappa shape index (κ2) is 5.16. The molecule has 2 unspecified atom stereocenters. The highest BCUT2D eigenvalue weighted by Crippen LogP contribution is 2.41. The number of hydrogen-bond acceptors (Lipinski definition) is 6. The number of fused-ring (bicyclic) bond motifs is 2. The zero-order valence-electron chi connectivity index (χ0n) is 13.9. The van der Waals surface area contributed by atoms with Gasteiger partial charge in [0, 0.05) is 35.6 Å². The first kappa shape index (κ1) is 16.7. The van der Waals surface area contributed by atoms with Crippen molar-refractivity contribution in [3.63, 3.8) is 0 Å². The number of aliphatic hydroxyl groups is 1. The van der Waals surface area contributed by atoms with Gasteiger partial charge in [-0.15, -0.1) is 0 Å². The Kier molecular flexibility index (Phi) is 3.58. The minimum atomic E-state index is -1.45. The lowest BCUT2D eigenvalue weighted by atomic mass is 9.66. The van der Waals surface area contributed by atoms with E-state index in [1.54, 1.807) is 20.8 Å². The number of carbonyl (C=O) groups excluding carboxylic acids is 4. The van der Waals surface area contributed by atoms with Crippen molar-refractivity contribution in [1.82, 2.24) is 0 Å². The van der Waals surface area contributed by atoms with Gasteiger partial charge < -0.3 is 9.84 Å². The standard InChI is InChI=1S/C18H18O6/c1-7-12-8(14(21)17(24-4)16(23)15(12)22)5-9-13(7)10(19)6-11(20)18(9,2)3/h5,11,17,20H,6H2,1-4H3. The number of Topliss-reactive ketones (excluding diaryl/α,β-unsaturated/α-hetero) is 4. The Bertz CT molecular complexity index is 817. The van der Waals surface area contributed by atoms with Gasteiger partial charge in [0.2, 0.25) is 11.6 Å². The summed E-state index contributed by atoms with van der Waals surface area (Å²) in [7, 11) is 1.20. The van der Waals surface area contributed by atoms with Crippen LogP contribution in [0, 0.1) is 6.92 Å². The third-order valence-corrected chi connectivity index (χ3v) is 5.19. The number of benzene rings is 1. The Balaban J connectivity index is 2.38. The molecule has 0 heterocycles. The van der Waals surface area contributed by atoms with E-state index in [4.69, 9.17) is 4.74 Å². The molecule has 0 saturated heterocycles. The second-order valence-electron chi connectivity index (χ2n) is 6.88. The Hall–Kier alpha value is -2.18. The van der Waals surface area contributed by atoms with E-state index in [0.717, 1.165) is 0 Å². The van der Waals surface area contributed by atoms with Crippen molar-refractivity contribution in [3.05, 3.63) is 33.9 Å². The quantitative estimate of drug-likeness (QED) is 0.613. The zero-order valence-corrected chi connectivity index (χ0v) is 13.9. The van der Waals surface area contributed by atoms with Gasteiger partial charge >= 0.3 is 0 Å². The molecular formula is C18H18O6. The Morgan fingerprint density at radius 3 is 2.33 bits per heavy atom. The van der Waals surface area contributed by atoms with Crippen molar-refractivity contribution >= 4 is 23.1 Å². The Labute approximate surface area is 138 Å². The number of methoxy groups -OCH3 is 1. The summed E-state index contributed by atoms with van der Waals surface area (Å²) in [6.07, 6.45) is -2.39. The van der Waals surface area contributed by atoms with Crippen LogP contribution in [-0.2, 0) is 14.9 Å². The molecule has 126 valence electrons. The van der Waals surface area contributed by atoms with Crippen molar-refractivity contribution in [2.45, 2.75) is 44.8 Å². The summed E-state index contributed by atoms with van der Waals surface area (Å²) >= 11 is 0. The van der Waals surface area contributed by atoms with E-state index in [1.807, 2.05) is 0 Å². The van der Waals surface area contributed by atoms with Crippen LogP contribution < -0.4 is 0 Å². The average Bonchev–Trinajstić information content (AvgIpc) is 2.51. The Morgan fingerprint density at radius 1 is 1.12 bits per heavy atom. The van der Waals surface area contributed by atoms with E-state index < -0.39 is 35.0 Å². The molecule has 2 atom stereocenters. The summed E-state index contributed by atoms with van der Waals surface area (Å²) in [6, 6.07) is 1.47. The molecule has 0 bridgehead atoms. The largest absolute Gasteiger partial charge is 0.392 e. The van der Waals surface area contributed by atoms with Crippen LogP contribution in [0.1, 0.15) is 62.5 Å². The monoisotopic (exact) mass is 330 g/mol. The van der Waals surface area contributed by atoms with Gasteiger partial charge in [0.05, 0.1) is 6.10 Å². The van der Waals surface area contributed by atoms with Crippen LogP contribution in [-0.4, -0.2) is 47.6 Å². The molecule has 1 aromatic rings. The van der Waals surface area contributed by atoms with Crippen molar-refractivity contribution in [2.75, 3.05) is 7.11 Å². The van der Waals surface area contributed by atoms with Crippen LogP contribution in [0.15, 0.2) is 6.07 Å². The molecule has 6 heteroatoms. The molecule has 2 aliphatic rings. The van der Waals surface area contributed by atoms with Gasteiger partial charge in [0.1, 0.15) is 0 Å². The fourth-order valence-electron chi connectivity index (χ4n) is 3.60. The molecule has 6 nitrogen and oxygen atoms in total. The molecule has 0 aromatic heterocycles. The van der Waals surface area contributed by atoms with Gasteiger partial charge in [0.15, 0.2) is 17.7 Å². The molecule has 0 fully saturated rings. The van der Waals surface area contributed by atoms with E-state index in [0.29, 0.717) is 16.7 Å². The summed E-state index contributed by atoms with van der Waals surface area (Å²) in [5.41, 5.74) is 0.488. The first-order valence-corrected chi connectivity index (χ1v) is 7.67. The molecule has 0 amide bonds. The highest BCUT2D eigenvalue weighted by Gasteiger charge is 2.46. The number of ketones is 4. The van der Waals surface area contributed by atoms with Gasteiger partial charge in [-0.2, -0.15) is 0 Å². The van der Waals surface area contributed by atoms with E-state index >= 15 is 0 Å². The van der Waals surface area contributed by atoms with Gasteiger partial charge in [-0.25, -0.2) is 0 Å². The lowest BCUT2D eigenvalue weighted by Crippen LogP contribution is -2.46. The van der Waals surface area contributed by atoms with Gasteiger partial charge in [-0.1, -0.05) is 13.8 Å². The number of aliphatic hydroxyl groups excluding tert-OH is 1. The smallest absolute Gasteiger partial charge is 0.239 e. The summed E-state index contributed by atoms with van der Waals surface area (Å²) < 4.78 is 4.88. The number of carbonyl (C=O) groups is 4. The molecule has 0 aliphatic heterocycles. The Morgan fingerprint density at radius 2 is 1.75 bits per heavy atom. The highest BCUT2D eigenvalue weighted by atomic mass is 16.5. The van der Waals surface area contributed by atoms with E-state index in [-0.39, 0.29) is 23.3 Å². The van der Waals surface area contributed by atoms with E-state index in [9.17, 15) is 24.3 Å². The molecule has 0 radical (unpaired) electrons. The topological polar surface area (TPSA) is 97.7 Å². The molecule has 1 N–H and O–H groups in total. The second-order valence-corrected chi connectivity index (χ2v) is 6.88. The molecule has 0 spiro atoms. The fourth-order valence-corrected chi connectivity index (χ4v) is 3.60. The van der Waals surface area contributed by atoms with Crippen molar-refractivity contribution < 1.29 is 29.0 Å². The highest BCUT2D eigenvalue weighted by molar-refractivity contribution is 6.53. The maximum Gasteiger partial charge on any atom is 0.239 e. The van der Waals surface area contributed by atoms with Crippen molar-refractivity contribution in [3.8, 4) is 0 Å². The van der Waals surface area contributed by atoms with Crippen LogP contribution >= 0.6 is 0 Å². The average molecular weight is 330 g/mol. The number of ether oxygens (including phenoxy) is 1. The zero-order chi connectivity index (χ0) is 18.0. The maximum atomic E-state index is 12.6. The summed E-state index contributed by atoms with van der Waals surface area (Å²) in [5.74, 6) is -2.61. The summed E-state index contributed by atoms with van der Waals surface area (Å²) in [5, 5.41) is 10.3. The molecule has 3 rings (SSSR count). The first-order valence-electron chi connectivity index (χ1n) is 7.67. The lowest BCUT2D eigenvalue weighted by Gasteiger charge is -2.38. The van der Waals surface area contributed by atoms with Gasteiger partial charge in [-0.3, -0.25) is 19.2 Å². The maximum absolute atomic E-state index is 12.6.